The molecular formula is C17H18O3. The minimum atomic E-state index is -0.969. The number of rotatable bonds is 5. The van der Waals surface area contributed by atoms with Crippen molar-refractivity contribution >= 4 is 5.97 Å². The Balaban J connectivity index is 2.37. The zero-order valence-corrected chi connectivity index (χ0v) is 11.7. The summed E-state index contributed by atoms with van der Waals surface area (Å²) in [6.07, 6.45) is 0. The van der Waals surface area contributed by atoms with Crippen molar-refractivity contribution in [2.75, 3.05) is 6.61 Å². The van der Waals surface area contributed by atoms with E-state index in [9.17, 15) is 9.90 Å². The fourth-order valence-corrected chi connectivity index (χ4v) is 1.89. The zero-order valence-electron chi connectivity index (χ0n) is 11.7. The normalized spacial score (nSPS) is 10.6. The van der Waals surface area contributed by atoms with Crippen LogP contribution in [0.3, 0.4) is 0 Å². The molecular weight excluding hydrogens is 252 g/mol. The summed E-state index contributed by atoms with van der Waals surface area (Å²) in [4.78, 5) is 11.2. The van der Waals surface area contributed by atoms with Crippen molar-refractivity contribution in [1.82, 2.24) is 0 Å². The minimum absolute atomic E-state index is 0.199. The highest BCUT2D eigenvalue weighted by molar-refractivity contribution is 5.92. The largest absolute Gasteiger partial charge is 0.492 e. The van der Waals surface area contributed by atoms with Crippen molar-refractivity contribution < 1.29 is 14.6 Å². The van der Waals surface area contributed by atoms with Gasteiger partial charge in [0.25, 0.3) is 0 Å². The van der Waals surface area contributed by atoms with E-state index in [2.05, 4.69) is 0 Å². The molecule has 0 saturated carbocycles. The smallest absolute Gasteiger partial charge is 0.339 e. The molecule has 2 rings (SSSR count). The molecule has 1 N–H and O–H groups in total. The lowest BCUT2D eigenvalue weighted by Crippen LogP contribution is -2.08. The number of aromatic carboxylic acids is 1. The molecule has 104 valence electrons. The number of carboxylic acid groups (broad SMARTS) is 1. The van der Waals surface area contributed by atoms with Crippen LogP contribution in [0.25, 0.3) is 11.1 Å². The zero-order chi connectivity index (χ0) is 14.5. The van der Waals surface area contributed by atoms with E-state index in [-0.39, 0.29) is 5.56 Å². The van der Waals surface area contributed by atoms with E-state index in [4.69, 9.17) is 4.74 Å². The number of hydrogen-bond acceptors (Lipinski definition) is 2. The molecule has 3 heteroatoms. The van der Waals surface area contributed by atoms with Gasteiger partial charge in [-0.05, 0) is 29.2 Å². The maximum Gasteiger partial charge on any atom is 0.339 e. The van der Waals surface area contributed by atoms with Gasteiger partial charge in [-0.25, -0.2) is 4.79 Å². The van der Waals surface area contributed by atoms with Crippen LogP contribution in [0.1, 0.15) is 24.2 Å². The highest BCUT2D eigenvalue weighted by Gasteiger charge is 2.13. The lowest BCUT2D eigenvalue weighted by atomic mass is 10.0. The van der Waals surface area contributed by atoms with Crippen LogP contribution in [0.2, 0.25) is 0 Å². The summed E-state index contributed by atoms with van der Waals surface area (Å²) in [6.45, 7) is 4.56. The first kappa shape index (κ1) is 14.1. The van der Waals surface area contributed by atoms with Crippen LogP contribution in [0.15, 0.2) is 48.5 Å². The number of carbonyl (C=O) groups is 1. The van der Waals surface area contributed by atoms with Crippen LogP contribution in [0.5, 0.6) is 5.75 Å². The van der Waals surface area contributed by atoms with Gasteiger partial charge in [-0.3, -0.25) is 0 Å². The van der Waals surface area contributed by atoms with Crippen molar-refractivity contribution in [3.05, 3.63) is 54.1 Å². The first-order chi connectivity index (χ1) is 9.58. The van der Waals surface area contributed by atoms with E-state index >= 15 is 0 Å². The van der Waals surface area contributed by atoms with E-state index in [1.54, 1.807) is 18.2 Å². The van der Waals surface area contributed by atoms with Crippen molar-refractivity contribution in [3.63, 3.8) is 0 Å². The molecule has 0 unspecified atom stereocenters. The van der Waals surface area contributed by atoms with Crippen LogP contribution in [0.4, 0.5) is 0 Å². The van der Waals surface area contributed by atoms with Crippen LogP contribution < -0.4 is 4.74 Å². The molecule has 0 saturated heterocycles. The monoisotopic (exact) mass is 270 g/mol. The molecule has 0 radical (unpaired) electrons. The first-order valence-corrected chi connectivity index (χ1v) is 6.63. The summed E-state index contributed by atoms with van der Waals surface area (Å²) in [5.74, 6) is -0.201. The number of hydrogen-bond donors (Lipinski definition) is 1. The van der Waals surface area contributed by atoms with Gasteiger partial charge >= 0.3 is 5.97 Å². The third-order valence-corrected chi connectivity index (χ3v) is 2.89. The third kappa shape index (κ3) is 3.38. The number of benzene rings is 2. The standard InChI is InChI=1S/C17H18O3/c1-12(2)11-20-16-10-14(8-9-15(16)17(18)19)13-6-4-3-5-7-13/h3-10,12H,11H2,1-2H3,(H,18,19). The van der Waals surface area contributed by atoms with Crippen LogP contribution in [-0.2, 0) is 0 Å². The Kier molecular flexibility index (Phi) is 4.41. The Morgan fingerprint density at radius 3 is 2.40 bits per heavy atom. The third-order valence-electron chi connectivity index (χ3n) is 2.89. The lowest BCUT2D eigenvalue weighted by molar-refractivity contribution is 0.0691. The Morgan fingerprint density at radius 1 is 1.10 bits per heavy atom. The molecule has 0 atom stereocenters. The van der Waals surface area contributed by atoms with Gasteiger partial charge in [0.2, 0.25) is 0 Å². The molecule has 20 heavy (non-hydrogen) atoms. The minimum Gasteiger partial charge on any atom is -0.492 e. The first-order valence-electron chi connectivity index (χ1n) is 6.63. The molecule has 0 amide bonds. The van der Waals surface area contributed by atoms with Crippen molar-refractivity contribution in [2.24, 2.45) is 5.92 Å². The van der Waals surface area contributed by atoms with Crippen LogP contribution in [0, 0.1) is 5.92 Å². The van der Waals surface area contributed by atoms with Gasteiger partial charge in [-0.2, -0.15) is 0 Å². The number of carboxylic acids is 1. The molecule has 0 heterocycles. The second-order valence-corrected chi connectivity index (χ2v) is 5.09. The topological polar surface area (TPSA) is 46.5 Å². The number of ether oxygens (including phenoxy) is 1. The van der Waals surface area contributed by atoms with Gasteiger partial charge in [-0.15, -0.1) is 0 Å². The van der Waals surface area contributed by atoms with E-state index in [1.165, 1.54) is 0 Å². The second-order valence-electron chi connectivity index (χ2n) is 5.09. The van der Waals surface area contributed by atoms with E-state index in [0.29, 0.717) is 18.3 Å². The van der Waals surface area contributed by atoms with E-state index in [0.717, 1.165) is 11.1 Å². The summed E-state index contributed by atoms with van der Waals surface area (Å²) in [7, 11) is 0. The Labute approximate surface area is 118 Å². The van der Waals surface area contributed by atoms with Gasteiger partial charge in [0.1, 0.15) is 11.3 Å². The van der Waals surface area contributed by atoms with Crippen LogP contribution >= 0.6 is 0 Å². The summed E-state index contributed by atoms with van der Waals surface area (Å²) >= 11 is 0. The van der Waals surface area contributed by atoms with Crippen molar-refractivity contribution in [3.8, 4) is 16.9 Å². The summed E-state index contributed by atoms with van der Waals surface area (Å²) in [5, 5.41) is 9.21. The van der Waals surface area contributed by atoms with Crippen molar-refractivity contribution in [1.29, 1.82) is 0 Å². The highest BCUT2D eigenvalue weighted by Crippen LogP contribution is 2.27. The molecule has 0 aliphatic rings. The quantitative estimate of drug-likeness (QED) is 0.890. The maximum atomic E-state index is 11.2. The van der Waals surface area contributed by atoms with E-state index < -0.39 is 5.97 Å². The molecule has 2 aromatic rings. The molecule has 0 aromatic heterocycles. The van der Waals surface area contributed by atoms with Crippen LogP contribution in [-0.4, -0.2) is 17.7 Å². The SMILES string of the molecule is CC(C)COc1cc(-c2ccccc2)ccc1C(=O)O. The molecule has 0 spiro atoms. The molecule has 2 aromatic carbocycles. The Morgan fingerprint density at radius 2 is 1.80 bits per heavy atom. The highest BCUT2D eigenvalue weighted by atomic mass is 16.5. The fourth-order valence-electron chi connectivity index (χ4n) is 1.89. The predicted octanol–water partition coefficient (Wildman–Crippen LogP) is 4.09. The lowest BCUT2D eigenvalue weighted by Gasteiger charge is -2.13. The van der Waals surface area contributed by atoms with Gasteiger partial charge < -0.3 is 9.84 Å². The predicted molar refractivity (Wildman–Crippen MR) is 79.2 cm³/mol. The Hall–Kier alpha value is -2.29. The second kappa shape index (κ2) is 6.24. The van der Waals surface area contributed by atoms with E-state index in [1.807, 2.05) is 44.2 Å². The van der Waals surface area contributed by atoms with Gasteiger partial charge in [0, 0.05) is 0 Å². The summed E-state index contributed by atoms with van der Waals surface area (Å²) in [5.41, 5.74) is 2.19. The molecule has 0 aliphatic carbocycles. The van der Waals surface area contributed by atoms with Gasteiger partial charge in [-0.1, -0.05) is 50.2 Å². The maximum absolute atomic E-state index is 11.2. The van der Waals surface area contributed by atoms with Crippen molar-refractivity contribution in [2.45, 2.75) is 13.8 Å². The molecule has 0 bridgehead atoms. The average Bonchev–Trinajstić information content (AvgIpc) is 2.45. The Bertz CT molecular complexity index is 588. The molecule has 0 fully saturated rings. The summed E-state index contributed by atoms with van der Waals surface area (Å²) in [6, 6.07) is 15.0. The van der Waals surface area contributed by atoms with Gasteiger partial charge in [0.05, 0.1) is 6.61 Å². The average molecular weight is 270 g/mol. The molecule has 0 aliphatic heterocycles. The fraction of sp³-hybridized carbons (Fsp3) is 0.235. The molecule has 3 nitrogen and oxygen atoms in total. The van der Waals surface area contributed by atoms with Gasteiger partial charge in [0.15, 0.2) is 0 Å². The summed E-state index contributed by atoms with van der Waals surface area (Å²) < 4.78 is 5.64.